The third kappa shape index (κ3) is 7.57. The average Bonchev–Trinajstić information content (AvgIpc) is 2.79. The molecule has 1 atom stereocenters. The van der Waals surface area contributed by atoms with Crippen molar-refractivity contribution in [3.05, 3.63) is 52.5 Å². The summed E-state index contributed by atoms with van der Waals surface area (Å²) in [5.74, 6) is 2.63. The van der Waals surface area contributed by atoms with E-state index in [9.17, 15) is 4.79 Å². The molecule has 0 spiro atoms. The van der Waals surface area contributed by atoms with Gasteiger partial charge in [0.25, 0.3) is 5.91 Å². The van der Waals surface area contributed by atoms with Crippen LogP contribution in [0.2, 0.25) is 0 Å². The van der Waals surface area contributed by atoms with E-state index in [2.05, 4.69) is 47.2 Å². The third-order valence-electron chi connectivity index (χ3n) is 6.15. The van der Waals surface area contributed by atoms with E-state index in [0.717, 1.165) is 41.3 Å². The molecule has 1 fully saturated rings. The Balaban J connectivity index is 1.41. The molecule has 168 valence electrons. The van der Waals surface area contributed by atoms with Crippen LogP contribution in [0, 0.1) is 5.92 Å². The van der Waals surface area contributed by atoms with Crippen molar-refractivity contribution in [2.45, 2.75) is 64.7 Å². The van der Waals surface area contributed by atoms with E-state index >= 15 is 0 Å². The zero-order valence-corrected chi connectivity index (χ0v) is 20.2. The molecule has 0 aromatic heterocycles. The van der Waals surface area contributed by atoms with Crippen LogP contribution in [0.4, 0.5) is 5.69 Å². The predicted octanol–water partition coefficient (Wildman–Crippen LogP) is 7.33. The standard InChI is InChI=1S/C26H34BrNO3/c1-3-19(2)21-9-14-25(24(27)17-21)31-18-26(29)28-22-10-12-23(13-11-22)30-16-15-20-7-5-4-6-8-20/h9-14,17,19-20H,3-8,15-16,18H2,1-2H3,(H,28,29). The minimum Gasteiger partial charge on any atom is -0.494 e. The highest BCUT2D eigenvalue weighted by atomic mass is 79.9. The molecule has 31 heavy (non-hydrogen) atoms. The predicted molar refractivity (Wildman–Crippen MR) is 130 cm³/mol. The Kier molecular flexibility index (Phi) is 9.26. The van der Waals surface area contributed by atoms with E-state index in [1.807, 2.05) is 30.3 Å². The SMILES string of the molecule is CCC(C)c1ccc(OCC(=O)Nc2ccc(OCCC3CCCCC3)cc2)c(Br)c1. The molecule has 1 N–H and O–H groups in total. The monoisotopic (exact) mass is 487 g/mol. The largest absolute Gasteiger partial charge is 0.494 e. The fraction of sp³-hybridized carbons (Fsp3) is 0.500. The fourth-order valence-corrected chi connectivity index (χ4v) is 4.48. The van der Waals surface area contributed by atoms with Gasteiger partial charge in [-0.15, -0.1) is 0 Å². The molecular formula is C26H34BrNO3. The van der Waals surface area contributed by atoms with Crippen LogP contribution in [-0.2, 0) is 4.79 Å². The Morgan fingerprint density at radius 3 is 2.52 bits per heavy atom. The number of benzene rings is 2. The van der Waals surface area contributed by atoms with Crippen molar-refractivity contribution in [2.24, 2.45) is 5.92 Å². The van der Waals surface area contributed by atoms with Crippen LogP contribution in [0.25, 0.3) is 0 Å². The van der Waals surface area contributed by atoms with E-state index in [-0.39, 0.29) is 12.5 Å². The van der Waals surface area contributed by atoms with Gasteiger partial charge in [0.15, 0.2) is 6.61 Å². The van der Waals surface area contributed by atoms with Crippen LogP contribution >= 0.6 is 15.9 Å². The molecule has 1 saturated carbocycles. The third-order valence-corrected chi connectivity index (χ3v) is 6.77. The zero-order chi connectivity index (χ0) is 22.1. The van der Waals surface area contributed by atoms with Crippen molar-refractivity contribution in [3.8, 4) is 11.5 Å². The summed E-state index contributed by atoms with van der Waals surface area (Å²) in [5.41, 5.74) is 1.99. The van der Waals surface area contributed by atoms with Gasteiger partial charge in [0, 0.05) is 5.69 Å². The van der Waals surface area contributed by atoms with Gasteiger partial charge in [-0.3, -0.25) is 4.79 Å². The van der Waals surface area contributed by atoms with Gasteiger partial charge < -0.3 is 14.8 Å². The maximum Gasteiger partial charge on any atom is 0.262 e. The Bertz CT molecular complexity index is 831. The van der Waals surface area contributed by atoms with Gasteiger partial charge in [0.05, 0.1) is 11.1 Å². The molecule has 0 radical (unpaired) electrons. The Morgan fingerprint density at radius 2 is 1.84 bits per heavy atom. The van der Waals surface area contributed by atoms with Gasteiger partial charge in [-0.25, -0.2) is 0 Å². The van der Waals surface area contributed by atoms with Gasteiger partial charge in [-0.1, -0.05) is 52.0 Å². The topological polar surface area (TPSA) is 47.6 Å². The first kappa shape index (κ1) is 23.6. The second kappa shape index (κ2) is 12.1. The van der Waals surface area contributed by atoms with E-state index in [0.29, 0.717) is 11.7 Å². The van der Waals surface area contributed by atoms with Gasteiger partial charge in [-0.2, -0.15) is 0 Å². The van der Waals surface area contributed by atoms with Crippen molar-refractivity contribution in [1.82, 2.24) is 0 Å². The van der Waals surface area contributed by atoms with Crippen molar-refractivity contribution < 1.29 is 14.3 Å². The van der Waals surface area contributed by atoms with E-state index in [1.165, 1.54) is 37.7 Å². The Labute approximate surface area is 194 Å². The molecule has 1 aliphatic rings. The lowest BCUT2D eigenvalue weighted by atomic mass is 9.87. The lowest BCUT2D eigenvalue weighted by Crippen LogP contribution is -2.20. The Morgan fingerprint density at radius 1 is 1.10 bits per heavy atom. The van der Waals surface area contributed by atoms with Crippen LogP contribution in [0.5, 0.6) is 11.5 Å². The highest BCUT2D eigenvalue weighted by molar-refractivity contribution is 9.10. The first-order valence-corrected chi connectivity index (χ1v) is 12.3. The van der Waals surface area contributed by atoms with Crippen LogP contribution in [0.15, 0.2) is 46.9 Å². The molecule has 1 amide bonds. The van der Waals surface area contributed by atoms with E-state index in [4.69, 9.17) is 9.47 Å². The van der Waals surface area contributed by atoms with Crippen molar-refractivity contribution >= 4 is 27.5 Å². The first-order valence-electron chi connectivity index (χ1n) is 11.5. The molecule has 1 aliphatic carbocycles. The minimum absolute atomic E-state index is 0.0408. The number of nitrogens with one attached hydrogen (secondary N) is 1. The first-order chi connectivity index (χ1) is 15.0. The van der Waals surface area contributed by atoms with Gasteiger partial charge in [-0.05, 0) is 82.6 Å². The lowest BCUT2D eigenvalue weighted by Gasteiger charge is -2.21. The number of ether oxygens (including phenoxy) is 2. The van der Waals surface area contributed by atoms with E-state index < -0.39 is 0 Å². The molecular weight excluding hydrogens is 454 g/mol. The highest BCUT2D eigenvalue weighted by Crippen LogP contribution is 2.30. The summed E-state index contributed by atoms with van der Waals surface area (Å²) in [6, 6.07) is 13.6. The van der Waals surface area contributed by atoms with Crippen molar-refractivity contribution in [1.29, 1.82) is 0 Å². The fourth-order valence-electron chi connectivity index (χ4n) is 3.97. The van der Waals surface area contributed by atoms with Gasteiger partial charge >= 0.3 is 0 Å². The summed E-state index contributed by atoms with van der Waals surface area (Å²) in [5, 5.41) is 2.87. The molecule has 4 nitrogen and oxygen atoms in total. The van der Waals surface area contributed by atoms with E-state index in [1.54, 1.807) is 0 Å². The molecule has 0 aliphatic heterocycles. The number of hydrogen-bond donors (Lipinski definition) is 1. The normalized spacial score (nSPS) is 15.3. The number of anilines is 1. The summed E-state index contributed by atoms with van der Waals surface area (Å²) >= 11 is 3.54. The average molecular weight is 488 g/mol. The summed E-state index contributed by atoms with van der Waals surface area (Å²) < 4.78 is 12.4. The van der Waals surface area contributed by atoms with Crippen molar-refractivity contribution in [2.75, 3.05) is 18.5 Å². The summed E-state index contributed by atoms with van der Waals surface area (Å²) in [7, 11) is 0. The maximum absolute atomic E-state index is 12.3. The number of hydrogen-bond acceptors (Lipinski definition) is 3. The van der Waals surface area contributed by atoms with Gasteiger partial charge in [0.1, 0.15) is 11.5 Å². The highest BCUT2D eigenvalue weighted by Gasteiger charge is 2.13. The van der Waals surface area contributed by atoms with Gasteiger partial charge in [0.2, 0.25) is 0 Å². The molecule has 2 aromatic rings. The minimum atomic E-state index is -0.191. The molecule has 0 bridgehead atoms. The molecule has 5 heteroatoms. The van der Waals surface area contributed by atoms with Crippen molar-refractivity contribution in [3.63, 3.8) is 0 Å². The molecule has 0 saturated heterocycles. The number of halogens is 1. The van der Waals surface area contributed by atoms with Crippen LogP contribution in [0.3, 0.4) is 0 Å². The Hall–Kier alpha value is -2.01. The summed E-state index contributed by atoms with van der Waals surface area (Å²) in [4.78, 5) is 12.3. The number of amides is 1. The summed E-state index contributed by atoms with van der Waals surface area (Å²) in [6.45, 7) is 5.09. The maximum atomic E-state index is 12.3. The number of carbonyl (C=O) groups excluding carboxylic acids is 1. The molecule has 1 unspecified atom stereocenters. The molecule has 3 rings (SSSR count). The summed E-state index contributed by atoms with van der Waals surface area (Å²) in [6.07, 6.45) is 9.01. The van der Waals surface area contributed by atoms with Crippen LogP contribution < -0.4 is 14.8 Å². The molecule has 2 aromatic carbocycles. The lowest BCUT2D eigenvalue weighted by molar-refractivity contribution is -0.118. The van der Waals surface area contributed by atoms with Crippen LogP contribution in [0.1, 0.15) is 70.3 Å². The zero-order valence-electron chi connectivity index (χ0n) is 18.7. The number of carbonyl (C=O) groups is 1. The van der Waals surface area contributed by atoms with Crippen LogP contribution in [-0.4, -0.2) is 19.1 Å². The quantitative estimate of drug-likeness (QED) is 0.381. The smallest absolute Gasteiger partial charge is 0.262 e. The second-order valence-corrected chi connectivity index (χ2v) is 9.36. The molecule has 0 heterocycles. The number of rotatable bonds is 10. The second-order valence-electron chi connectivity index (χ2n) is 8.50.